The van der Waals surface area contributed by atoms with Crippen LogP contribution >= 0.6 is 44.3 Å². The SMILES string of the molecule is CC(C)N(Cc1ccccc1)Cc1c[nH]c2ccc(Oc3c(Br)cc(NC(=O)C(=O)O)cc3Br)cc12.Cl. The molecule has 10 heteroatoms. The van der Waals surface area contributed by atoms with Gasteiger partial charge in [0.2, 0.25) is 0 Å². The number of hydrogen-bond acceptors (Lipinski definition) is 4. The molecule has 0 bridgehead atoms. The van der Waals surface area contributed by atoms with Crippen LogP contribution in [-0.4, -0.2) is 32.9 Å². The lowest BCUT2D eigenvalue weighted by molar-refractivity contribution is -0.147. The molecule has 0 aliphatic rings. The number of H-pyrrole nitrogens is 1. The standard InChI is InChI=1S/C27H25Br2N3O4.ClH/c1-16(2)32(14-17-6-4-3-5-7-17)15-18-13-30-24-9-8-20(12-21(18)24)36-25-22(28)10-19(11-23(25)29)31-26(33)27(34)35;/h3-13,16,30H,14-15H2,1-2H3,(H,31,33)(H,34,35);1H. The Morgan fingerprint density at radius 3 is 2.32 bits per heavy atom. The number of anilines is 1. The van der Waals surface area contributed by atoms with Gasteiger partial charge in [0.15, 0.2) is 5.75 Å². The van der Waals surface area contributed by atoms with Crippen molar-refractivity contribution in [2.45, 2.75) is 33.0 Å². The number of carboxylic acids is 1. The van der Waals surface area contributed by atoms with Gasteiger partial charge in [-0.1, -0.05) is 30.3 Å². The molecule has 1 amide bonds. The molecule has 0 unspecified atom stereocenters. The molecule has 194 valence electrons. The summed E-state index contributed by atoms with van der Waals surface area (Å²) < 4.78 is 7.29. The molecule has 1 aromatic heterocycles. The molecule has 37 heavy (non-hydrogen) atoms. The number of benzene rings is 3. The van der Waals surface area contributed by atoms with E-state index in [1.807, 2.05) is 30.5 Å². The fourth-order valence-corrected chi connectivity index (χ4v) is 5.19. The molecule has 3 aromatic carbocycles. The number of carbonyl (C=O) groups excluding carboxylic acids is 1. The van der Waals surface area contributed by atoms with E-state index in [0.717, 1.165) is 24.0 Å². The third-order valence-corrected chi connectivity index (χ3v) is 6.92. The Hall–Kier alpha value is -2.85. The third kappa shape index (κ3) is 7.13. The molecule has 0 fully saturated rings. The predicted octanol–water partition coefficient (Wildman–Crippen LogP) is 7.34. The van der Waals surface area contributed by atoms with Gasteiger partial charge in [-0.2, -0.15) is 0 Å². The molecule has 0 atom stereocenters. The van der Waals surface area contributed by atoms with Crippen molar-refractivity contribution in [2.24, 2.45) is 0 Å². The summed E-state index contributed by atoms with van der Waals surface area (Å²) in [5.74, 6) is -1.52. The predicted molar refractivity (Wildman–Crippen MR) is 155 cm³/mol. The van der Waals surface area contributed by atoms with E-state index in [-0.39, 0.29) is 12.4 Å². The van der Waals surface area contributed by atoms with Gasteiger partial charge in [0.25, 0.3) is 0 Å². The summed E-state index contributed by atoms with van der Waals surface area (Å²) in [6.07, 6.45) is 2.04. The number of hydrogen-bond donors (Lipinski definition) is 3. The van der Waals surface area contributed by atoms with Crippen molar-refractivity contribution in [2.75, 3.05) is 5.32 Å². The minimum atomic E-state index is -1.56. The summed E-state index contributed by atoms with van der Waals surface area (Å²) in [7, 11) is 0. The lowest BCUT2D eigenvalue weighted by atomic mass is 10.1. The number of amides is 1. The number of aromatic amines is 1. The maximum atomic E-state index is 11.5. The molecule has 3 N–H and O–H groups in total. The summed E-state index contributed by atoms with van der Waals surface area (Å²) >= 11 is 6.91. The zero-order chi connectivity index (χ0) is 25.8. The first-order chi connectivity index (χ1) is 17.2. The van der Waals surface area contributed by atoms with E-state index >= 15 is 0 Å². The molecule has 4 aromatic rings. The molecule has 0 aliphatic carbocycles. The van der Waals surface area contributed by atoms with Crippen LogP contribution in [0, 0.1) is 0 Å². The van der Waals surface area contributed by atoms with Crippen LogP contribution in [0.2, 0.25) is 0 Å². The number of fused-ring (bicyclic) bond motifs is 1. The lowest BCUT2D eigenvalue weighted by Crippen LogP contribution is -2.29. The van der Waals surface area contributed by atoms with E-state index in [1.165, 1.54) is 11.1 Å². The van der Waals surface area contributed by atoms with Crippen LogP contribution in [0.1, 0.15) is 25.0 Å². The van der Waals surface area contributed by atoms with Gasteiger partial charge in [-0.25, -0.2) is 4.79 Å². The molecule has 1 heterocycles. The Kier molecular flexibility index (Phi) is 9.78. The van der Waals surface area contributed by atoms with Crippen LogP contribution in [0.5, 0.6) is 11.5 Å². The number of nitrogens with zero attached hydrogens (tertiary/aromatic N) is 1. The van der Waals surface area contributed by atoms with Crippen LogP contribution < -0.4 is 10.1 Å². The largest absolute Gasteiger partial charge is 0.474 e. The first-order valence-electron chi connectivity index (χ1n) is 11.3. The van der Waals surface area contributed by atoms with Crippen LogP contribution in [0.25, 0.3) is 10.9 Å². The van der Waals surface area contributed by atoms with Crippen molar-refractivity contribution in [3.63, 3.8) is 0 Å². The Morgan fingerprint density at radius 1 is 1.03 bits per heavy atom. The maximum absolute atomic E-state index is 11.5. The zero-order valence-electron chi connectivity index (χ0n) is 20.1. The topological polar surface area (TPSA) is 94.7 Å². The smallest absolute Gasteiger partial charge is 0.394 e. The molecule has 7 nitrogen and oxygen atoms in total. The van der Waals surface area contributed by atoms with E-state index in [2.05, 4.69) is 85.2 Å². The highest BCUT2D eigenvalue weighted by molar-refractivity contribution is 9.11. The summed E-state index contributed by atoms with van der Waals surface area (Å²) in [5.41, 5.74) is 3.78. The van der Waals surface area contributed by atoms with E-state index < -0.39 is 11.9 Å². The average molecular weight is 652 g/mol. The van der Waals surface area contributed by atoms with Gasteiger partial charge >= 0.3 is 11.9 Å². The van der Waals surface area contributed by atoms with Crippen molar-refractivity contribution < 1.29 is 19.4 Å². The van der Waals surface area contributed by atoms with Crippen LogP contribution in [0.3, 0.4) is 0 Å². The highest BCUT2D eigenvalue weighted by Crippen LogP contribution is 2.40. The highest BCUT2D eigenvalue weighted by atomic mass is 79.9. The molecular formula is C27H26Br2ClN3O4. The Labute approximate surface area is 237 Å². The van der Waals surface area contributed by atoms with Gasteiger partial charge in [0.1, 0.15) is 5.75 Å². The van der Waals surface area contributed by atoms with Crippen LogP contribution in [0.15, 0.2) is 75.8 Å². The number of carboxylic acid groups (broad SMARTS) is 1. The van der Waals surface area contributed by atoms with Crippen molar-refractivity contribution in [3.05, 3.63) is 86.9 Å². The number of ether oxygens (including phenoxy) is 1. The minimum absolute atomic E-state index is 0. The molecular weight excluding hydrogens is 626 g/mol. The minimum Gasteiger partial charge on any atom is -0.474 e. The van der Waals surface area contributed by atoms with Crippen molar-refractivity contribution >= 4 is 72.7 Å². The summed E-state index contributed by atoms with van der Waals surface area (Å²) in [6.45, 7) is 6.03. The second-order valence-corrected chi connectivity index (χ2v) is 10.3. The van der Waals surface area contributed by atoms with Crippen molar-refractivity contribution in [1.82, 2.24) is 9.88 Å². The monoisotopic (exact) mass is 649 g/mol. The maximum Gasteiger partial charge on any atom is 0.394 e. The quantitative estimate of drug-likeness (QED) is 0.173. The van der Waals surface area contributed by atoms with Crippen molar-refractivity contribution in [3.8, 4) is 11.5 Å². The molecule has 0 aliphatic heterocycles. The summed E-state index contributed by atoms with van der Waals surface area (Å²) in [5, 5.41) is 12.2. The van der Waals surface area contributed by atoms with E-state index in [9.17, 15) is 9.59 Å². The van der Waals surface area contributed by atoms with E-state index in [1.54, 1.807) is 12.1 Å². The Bertz CT molecular complexity index is 1390. The average Bonchev–Trinajstić information content (AvgIpc) is 3.23. The lowest BCUT2D eigenvalue weighted by Gasteiger charge is -2.26. The molecule has 0 spiro atoms. The molecule has 0 saturated heterocycles. The number of halogens is 3. The molecule has 4 rings (SSSR count). The fraction of sp³-hybridized carbons (Fsp3) is 0.185. The summed E-state index contributed by atoms with van der Waals surface area (Å²) in [6, 6.07) is 19.8. The zero-order valence-corrected chi connectivity index (χ0v) is 24.1. The fourth-order valence-electron chi connectivity index (χ4n) is 3.84. The number of aromatic nitrogens is 1. The van der Waals surface area contributed by atoms with Gasteiger partial charge in [-0.05, 0) is 87.2 Å². The number of aliphatic carboxylic acids is 1. The van der Waals surface area contributed by atoms with E-state index in [0.29, 0.717) is 32.2 Å². The Balaban J connectivity index is 0.00000380. The van der Waals surface area contributed by atoms with Gasteiger partial charge in [-0.3, -0.25) is 9.69 Å². The first kappa shape index (κ1) is 28.7. The molecule has 0 saturated carbocycles. The first-order valence-corrected chi connectivity index (χ1v) is 12.9. The van der Waals surface area contributed by atoms with Gasteiger partial charge in [0, 0.05) is 41.9 Å². The summed E-state index contributed by atoms with van der Waals surface area (Å²) in [4.78, 5) is 28.1. The Morgan fingerprint density at radius 2 is 1.70 bits per heavy atom. The number of rotatable bonds is 8. The third-order valence-electron chi connectivity index (χ3n) is 5.74. The van der Waals surface area contributed by atoms with Crippen LogP contribution in [-0.2, 0) is 22.7 Å². The molecule has 0 radical (unpaired) electrons. The second-order valence-electron chi connectivity index (χ2n) is 8.64. The van der Waals surface area contributed by atoms with Gasteiger partial charge in [0.05, 0.1) is 8.95 Å². The highest BCUT2D eigenvalue weighted by Gasteiger charge is 2.17. The number of carbonyl (C=O) groups is 2. The second kappa shape index (κ2) is 12.6. The number of nitrogens with one attached hydrogen (secondary N) is 2. The van der Waals surface area contributed by atoms with Gasteiger partial charge < -0.3 is 20.1 Å². The van der Waals surface area contributed by atoms with Crippen molar-refractivity contribution in [1.29, 1.82) is 0 Å². The van der Waals surface area contributed by atoms with E-state index in [4.69, 9.17) is 9.84 Å². The van der Waals surface area contributed by atoms with Crippen LogP contribution in [0.4, 0.5) is 5.69 Å². The van der Waals surface area contributed by atoms with Gasteiger partial charge in [-0.15, -0.1) is 12.4 Å². The normalized spacial score (nSPS) is 11.0.